The maximum Gasteiger partial charge on any atom is 0.115 e. The summed E-state index contributed by atoms with van der Waals surface area (Å²) in [5, 5.41) is 19.1. The molecule has 2 rings (SSSR count). The Morgan fingerprint density at radius 3 is 2.47 bits per heavy atom. The van der Waals surface area contributed by atoms with E-state index in [0.29, 0.717) is 24.7 Å². The van der Waals surface area contributed by atoms with Gasteiger partial charge >= 0.3 is 0 Å². The molecule has 0 bridgehead atoms. The fourth-order valence-corrected chi connectivity index (χ4v) is 2.57. The molecular formula is C16H22O3. The normalized spacial score (nSPS) is 23.4. The van der Waals surface area contributed by atoms with Gasteiger partial charge in [0, 0.05) is 6.42 Å². The lowest BCUT2D eigenvalue weighted by atomic mass is 9.80. The van der Waals surface area contributed by atoms with Crippen molar-refractivity contribution in [2.75, 3.05) is 6.61 Å². The minimum Gasteiger partial charge on any atom is -0.512 e. The minimum atomic E-state index is -0.281. The maximum absolute atomic E-state index is 9.78. The number of aryl methyl sites for hydroxylation is 1. The number of ether oxygens (including phenoxy) is 1. The highest BCUT2D eigenvalue weighted by atomic mass is 16.5. The molecule has 0 amide bonds. The molecule has 0 aromatic heterocycles. The largest absolute Gasteiger partial charge is 0.512 e. The fraction of sp³-hybridized carbons (Fsp3) is 0.500. The molecule has 2 N–H and O–H groups in total. The van der Waals surface area contributed by atoms with Crippen LogP contribution in [0, 0.1) is 5.92 Å². The van der Waals surface area contributed by atoms with Gasteiger partial charge in [-0.15, -0.1) is 0 Å². The average Bonchev–Trinajstić information content (AvgIpc) is 2.38. The van der Waals surface area contributed by atoms with Gasteiger partial charge in [-0.1, -0.05) is 26.0 Å². The summed E-state index contributed by atoms with van der Waals surface area (Å²) in [6, 6.07) is 7.27. The van der Waals surface area contributed by atoms with Crippen LogP contribution in [-0.4, -0.2) is 22.4 Å². The molecule has 0 saturated heterocycles. The summed E-state index contributed by atoms with van der Waals surface area (Å²) in [5.41, 5.74) is 0.895. The van der Waals surface area contributed by atoms with Crippen LogP contribution in [0.5, 0.6) is 5.75 Å². The number of aromatic hydroxyl groups is 1. The van der Waals surface area contributed by atoms with E-state index in [4.69, 9.17) is 4.74 Å². The van der Waals surface area contributed by atoms with Gasteiger partial charge in [0.05, 0.1) is 18.0 Å². The first kappa shape index (κ1) is 13.9. The van der Waals surface area contributed by atoms with Gasteiger partial charge in [0.2, 0.25) is 0 Å². The lowest BCUT2D eigenvalue weighted by Gasteiger charge is -2.39. The molecule has 3 nitrogen and oxygen atoms in total. The van der Waals surface area contributed by atoms with Crippen molar-refractivity contribution in [1.29, 1.82) is 0 Å². The van der Waals surface area contributed by atoms with Crippen molar-refractivity contribution in [3.63, 3.8) is 0 Å². The molecule has 19 heavy (non-hydrogen) atoms. The van der Waals surface area contributed by atoms with Gasteiger partial charge in [0.1, 0.15) is 5.75 Å². The second-order valence-corrected chi connectivity index (χ2v) is 5.57. The van der Waals surface area contributed by atoms with E-state index in [1.165, 1.54) is 5.56 Å². The summed E-state index contributed by atoms with van der Waals surface area (Å²) in [7, 11) is 0. The smallest absolute Gasteiger partial charge is 0.115 e. The van der Waals surface area contributed by atoms with Crippen molar-refractivity contribution in [2.24, 2.45) is 5.92 Å². The Bertz CT molecular complexity index is 448. The van der Waals surface area contributed by atoms with Crippen LogP contribution in [0.15, 0.2) is 36.1 Å². The monoisotopic (exact) mass is 262 g/mol. The third-order valence-electron chi connectivity index (χ3n) is 4.00. The van der Waals surface area contributed by atoms with Gasteiger partial charge in [-0.25, -0.2) is 0 Å². The van der Waals surface area contributed by atoms with Crippen molar-refractivity contribution in [3.8, 4) is 5.75 Å². The molecule has 0 aliphatic carbocycles. The zero-order valence-corrected chi connectivity index (χ0v) is 11.6. The van der Waals surface area contributed by atoms with Gasteiger partial charge in [-0.2, -0.15) is 0 Å². The zero-order valence-electron chi connectivity index (χ0n) is 11.6. The van der Waals surface area contributed by atoms with Crippen LogP contribution >= 0.6 is 0 Å². The highest BCUT2D eigenvalue weighted by Crippen LogP contribution is 2.36. The van der Waals surface area contributed by atoms with Crippen molar-refractivity contribution < 1.29 is 14.9 Å². The predicted octanol–water partition coefficient (Wildman–Crippen LogP) is 3.58. The lowest BCUT2D eigenvalue weighted by molar-refractivity contribution is -0.0870. The Balaban J connectivity index is 2.05. The topological polar surface area (TPSA) is 49.7 Å². The Labute approximate surface area is 114 Å². The molecule has 0 saturated carbocycles. The summed E-state index contributed by atoms with van der Waals surface area (Å²) in [6.07, 6.45) is 4.07. The van der Waals surface area contributed by atoms with Gasteiger partial charge in [-0.05, 0) is 42.5 Å². The molecule has 0 radical (unpaired) electrons. The minimum absolute atomic E-state index is 0.281. The molecule has 1 atom stereocenters. The second-order valence-electron chi connectivity index (χ2n) is 5.57. The molecule has 3 heteroatoms. The summed E-state index contributed by atoms with van der Waals surface area (Å²) in [5.74, 6) is 1.07. The van der Waals surface area contributed by atoms with Crippen LogP contribution in [-0.2, 0) is 11.2 Å². The Morgan fingerprint density at radius 1 is 1.21 bits per heavy atom. The van der Waals surface area contributed by atoms with Crippen LogP contribution in [0.25, 0.3) is 0 Å². The number of aliphatic hydroxyl groups is 1. The number of hydrogen-bond acceptors (Lipinski definition) is 3. The van der Waals surface area contributed by atoms with Crippen LogP contribution in [0.3, 0.4) is 0 Å². The van der Waals surface area contributed by atoms with Crippen LogP contribution in [0.4, 0.5) is 0 Å². The van der Waals surface area contributed by atoms with E-state index in [9.17, 15) is 10.2 Å². The Morgan fingerprint density at radius 2 is 1.89 bits per heavy atom. The third kappa shape index (κ3) is 3.29. The number of rotatable bonds is 4. The molecule has 104 valence electrons. The van der Waals surface area contributed by atoms with E-state index >= 15 is 0 Å². The van der Waals surface area contributed by atoms with E-state index in [0.717, 1.165) is 12.8 Å². The third-order valence-corrected chi connectivity index (χ3v) is 4.00. The predicted molar refractivity (Wildman–Crippen MR) is 75.3 cm³/mol. The molecule has 1 heterocycles. The van der Waals surface area contributed by atoms with Crippen LogP contribution < -0.4 is 0 Å². The zero-order chi connectivity index (χ0) is 13.9. The molecular weight excluding hydrogens is 240 g/mol. The van der Waals surface area contributed by atoms with Gasteiger partial charge in [0.25, 0.3) is 0 Å². The summed E-state index contributed by atoms with van der Waals surface area (Å²) in [4.78, 5) is 0. The number of benzene rings is 1. The molecule has 1 aliphatic heterocycles. The number of hydrogen-bond donors (Lipinski definition) is 2. The number of phenols is 1. The van der Waals surface area contributed by atoms with Gasteiger partial charge < -0.3 is 14.9 Å². The van der Waals surface area contributed by atoms with Crippen molar-refractivity contribution in [3.05, 3.63) is 41.7 Å². The Kier molecular flexibility index (Phi) is 4.15. The highest BCUT2D eigenvalue weighted by molar-refractivity contribution is 5.26. The molecule has 0 unspecified atom stereocenters. The average molecular weight is 262 g/mol. The molecule has 0 spiro atoms. The first-order valence-corrected chi connectivity index (χ1v) is 6.82. The van der Waals surface area contributed by atoms with Crippen LogP contribution in [0.1, 0.15) is 32.3 Å². The first-order valence-electron chi connectivity index (χ1n) is 6.82. The molecule has 1 aromatic carbocycles. The summed E-state index contributed by atoms with van der Waals surface area (Å²) >= 11 is 0. The molecule has 1 aliphatic rings. The molecule has 0 fully saturated rings. The summed E-state index contributed by atoms with van der Waals surface area (Å²) in [6.45, 7) is 4.75. The number of aliphatic hydroxyl groups excluding tert-OH is 1. The first-order chi connectivity index (χ1) is 9.02. The van der Waals surface area contributed by atoms with E-state index in [2.05, 4.69) is 13.8 Å². The van der Waals surface area contributed by atoms with E-state index in [1.807, 2.05) is 12.1 Å². The second kappa shape index (κ2) is 5.66. The Hall–Kier alpha value is -1.48. The summed E-state index contributed by atoms with van der Waals surface area (Å²) < 4.78 is 5.96. The SMILES string of the molecule is CC(C)[C@]1(CCc2ccc(O)cc2)CC(O)=CCO1. The van der Waals surface area contributed by atoms with E-state index in [-0.39, 0.29) is 11.4 Å². The fourth-order valence-electron chi connectivity index (χ4n) is 2.57. The van der Waals surface area contributed by atoms with Gasteiger partial charge in [-0.3, -0.25) is 0 Å². The van der Waals surface area contributed by atoms with E-state index in [1.54, 1.807) is 18.2 Å². The van der Waals surface area contributed by atoms with Crippen molar-refractivity contribution in [2.45, 2.75) is 38.7 Å². The lowest BCUT2D eigenvalue weighted by Crippen LogP contribution is -2.41. The quantitative estimate of drug-likeness (QED) is 0.872. The maximum atomic E-state index is 9.78. The molecule has 1 aromatic rings. The van der Waals surface area contributed by atoms with Gasteiger partial charge in [0.15, 0.2) is 0 Å². The van der Waals surface area contributed by atoms with Crippen molar-refractivity contribution in [1.82, 2.24) is 0 Å². The van der Waals surface area contributed by atoms with E-state index < -0.39 is 0 Å². The standard InChI is InChI=1S/C16H22O3/c1-12(2)16(11-15(18)8-10-19-16)9-7-13-3-5-14(17)6-4-13/h3-6,8,12,17-18H,7,9-11H2,1-2H3/t16-/m0/s1. The number of phenolic OH excluding ortho intramolecular Hbond substituents is 1. The highest BCUT2D eigenvalue weighted by Gasteiger charge is 2.37. The van der Waals surface area contributed by atoms with Crippen LogP contribution in [0.2, 0.25) is 0 Å². The van der Waals surface area contributed by atoms with Crippen molar-refractivity contribution >= 4 is 0 Å².